The number of nitrogens with zero attached hydrogens (tertiary/aromatic N) is 3. The average Bonchev–Trinajstić information content (AvgIpc) is 2.97. The van der Waals surface area contributed by atoms with Gasteiger partial charge in [-0.25, -0.2) is 9.78 Å². The zero-order chi connectivity index (χ0) is 15.7. The molecule has 0 radical (unpaired) electrons. The molecule has 0 saturated heterocycles. The van der Waals surface area contributed by atoms with Crippen molar-refractivity contribution in [2.75, 3.05) is 0 Å². The highest BCUT2D eigenvalue weighted by molar-refractivity contribution is 7.12. The molecule has 0 aliphatic rings. The first kappa shape index (κ1) is 14.2. The number of hydrogen-bond acceptors (Lipinski definition) is 5. The van der Waals surface area contributed by atoms with Crippen molar-refractivity contribution in [1.29, 1.82) is 0 Å². The molecule has 3 aromatic rings. The van der Waals surface area contributed by atoms with Crippen LogP contribution in [0.5, 0.6) is 0 Å². The number of carbonyl (C=O) groups is 1. The van der Waals surface area contributed by atoms with Crippen molar-refractivity contribution in [2.45, 2.75) is 6.92 Å². The SMILES string of the molecule is Cc1ccn(-c2nc(-c3ccccn3)cs2)c(=O)c1C(=O)O. The fourth-order valence-corrected chi connectivity index (χ4v) is 2.84. The van der Waals surface area contributed by atoms with Crippen molar-refractivity contribution in [2.24, 2.45) is 0 Å². The van der Waals surface area contributed by atoms with Crippen LogP contribution in [0, 0.1) is 6.92 Å². The fourth-order valence-electron chi connectivity index (χ4n) is 2.04. The minimum atomic E-state index is -1.24. The molecule has 0 aromatic carbocycles. The van der Waals surface area contributed by atoms with Gasteiger partial charge in [0.05, 0.1) is 5.69 Å². The molecule has 3 rings (SSSR count). The number of aromatic carboxylic acids is 1. The fraction of sp³-hybridized carbons (Fsp3) is 0.0667. The quantitative estimate of drug-likeness (QED) is 0.802. The molecular formula is C15H11N3O3S. The number of aryl methyl sites for hydroxylation is 1. The van der Waals surface area contributed by atoms with Crippen LogP contribution in [-0.4, -0.2) is 25.6 Å². The van der Waals surface area contributed by atoms with E-state index in [1.165, 1.54) is 22.1 Å². The zero-order valence-electron chi connectivity index (χ0n) is 11.6. The first-order valence-electron chi connectivity index (χ1n) is 6.41. The summed E-state index contributed by atoms with van der Waals surface area (Å²) in [5.74, 6) is -1.24. The van der Waals surface area contributed by atoms with Crippen LogP contribution in [-0.2, 0) is 0 Å². The maximum atomic E-state index is 12.3. The Hall–Kier alpha value is -2.80. The van der Waals surface area contributed by atoms with Crippen molar-refractivity contribution in [3.05, 3.63) is 63.5 Å². The molecule has 1 N–H and O–H groups in total. The summed E-state index contributed by atoms with van der Waals surface area (Å²) in [4.78, 5) is 32.1. The Balaban J connectivity index is 2.10. The number of hydrogen-bond donors (Lipinski definition) is 1. The Morgan fingerprint density at radius 2 is 2.09 bits per heavy atom. The molecule has 0 aliphatic heterocycles. The zero-order valence-corrected chi connectivity index (χ0v) is 12.4. The van der Waals surface area contributed by atoms with Crippen molar-refractivity contribution < 1.29 is 9.90 Å². The monoisotopic (exact) mass is 313 g/mol. The van der Waals surface area contributed by atoms with E-state index in [1.807, 2.05) is 12.1 Å². The van der Waals surface area contributed by atoms with E-state index < -0.39 is 11.5 Å². The number of thiazole rings is 1. The average molecular weight is 313 g/mol. The first-order chi connectivity index (χ1) is 10.6. The van der Waals surface area contributed by atoms with E-state index >= 15 is 0 Å². The van der Waals surface area contributed by atoms with Crippen LogP contribution in [0.3, 0.4) is 0 Å². The largest absolute Gasteiger partial charge is 0.477 e. The van der Waals surface area contributed by atoms with E-state index in [9.17, 15) is 9.59 Å². The summed E-state index contributed by atoms with van der Waals surface area (Å²) in [6.45, 7) is 1.59. The van der Waals surface area contributed by atoms with Crippen molar-refractivity contribution in [3.63, 3.8) is 0 Å². The third-order valence-electron chi connectivity index (χ3n) is 3.14. The molecule has 22 heavy (non-hydrogen) atoms. The molecule has 0 fully saturated rings. The lowest BCUT2D eigenvalue weighted by Crippen LogP contribution is -2.25. The second-order valence-electron chi connectivity index (χ2n) is 4.58. The van der Waals surface area contributed by atoms with Gasteiger partial charge in [-0.1, -0.05) is 6.07 Å². The van der Waals surface area contributed by atoms with E-state index in [0.29, 0.717) is 22.1 Å². The van der Waals surface area contributed by atoms with Crippen molar-refractivity contribution >= 4 is 17.3 Å². The standard InChI is InChI=1S/C15H11N3O3S/c1-9-5-7-18(13(19)12(9)14(20)21)15-17-11(8-22-15)10-4-2-3-6-16-10/h2-8H,1H3,(H,20,21). The summed E-state index contributed by atoms with van der Waals surface area (Å²) in [5.41, 5.74) is 0.940. The third-order valence-corrected chi connectivity index (χ3v) is 3.98. The molecule has 0 bridgehead atoms. The second kappa shape index (κ2) is 5.53. The van der Waals surface area contributed by atoms with Crippen molar-refractivity contribution in [3.8, 4) is 16.5 Å². The van der Waals surface area contributed by atoms with Crippen LogP contribution in [0.15, 0.2) is 46.8 Å². The molecule has 7 heteroatoms. The normalized spacial score (nSPS) is 10.6. The van der Waals surface area contributed by atoms with Crippen LogP contribution in [0.4, 0.5) is 0 Å². The maximum Gasteiger partial charge on any atom is 0.341 e. The van der Waals surface area contributed by atoms with Gasteiger partial charge in [-0.3, -0.25) is 14.3 Å². The highest BCUT2D eigenvalue weighted by atomic mass is 32.1. The first-order valence-corrected chi connectivity index (χ1v) is 7.29. The molecule has 0 spiro atoms. The Morgan fingerprint density at radius 1 is 1.27 bits per heavy atom. The summed E-state index contributed by atoms with van der Waals surface area (Å²) < 4.78 is 1.24. The van der Waals surface area contributed by atoms with E-state index in [2.05, 4.69) is 9.97 Å². The molecule has 3 aromatic heterocycles. The molecule has 110 valence electrons. The molecule has 3 heterocycles. The van der Waals surface area contributed by atoms with Crippen molar-refractivity contribution in [1.82, 2.24) is 14.5 Å². The predicted octanol–water partition coefficient (Wildman–Crippen LogP) is 2.36. The number of pyridine rings is 2. The number of carboxylic acid groups (broad SMARTS) is 1. The second-order valence-corrected chi connectivity index (χ2v) is 5.42. The van der Waals surface area contributed by atoms with E-state index in [4.69, 9.17) is 5.11 Å². The van der Waals surface area contributed by atoms with Gasteiger partial charge in [-0.2, -0.15) is 0 Å². The Labute approximate surface area is 129 Å². The molecule has 0 saturated carbocycles. The molecule has 0 aliphatic carbocycles. The highest BCUT2D eigenvalue weighted by Gasteiger charge is 2.17. The van der Waals surface area contributed by atoms with Crippen LogP contribution in [0.1, 0.15) is 15.9 Å². The number of aromatic nitrogens is 3. The smallest absolute Gasteiger partial charge is 0.341 e. The third kappa shape index (κ3) is 2.42. The summed E-state index contributed by atoms with van der Waals surface area (Å²) >= 11 is 1.26. The molecule has 0 amide bonds. The van der Waals surface area contributed by atoms with Gasteiger partial charge >= 0.3 is 5.97 Å². The molecule has 6 nitrogen and oxygen atoms in total. The van der Waals surface area contributed by atoms with E-state index in [0.717, 1.165) is 0 Å². The van der Waals surface area contributed by atoms with Gasteiger partial charge in [0.25, 0.3) is 5.56 Å². The lowest BCUT2D eigenvalue weighted by atomic mass is 10.1. The Morgan fingerprint density at radius 3 is 2.77 bits per heavy atom. The van der Waals surface area contributed by atoms with Gasteiger partial charge in [0.2, 0.25) is 0 Å². The van der Waals surface area contributed by atoms with Crippen LogP contribution in [0.25, 0.3) is 16.5 Å². The maximum absolute atomic E-state index is 12.3. The molecular weight excluding hydrogens is 302 g/mol. The van der Waals surface area contributed by atoms with Gasteiger partial charge in [0.1, 0.15) is 11.3 Å². The minimum absolute atomic E-state index is 0.239. The van der Waals surface area contributed by atoms with Gasteiger partial charge in [0.15, 0.2) is 5.13 Å². The van der Waals surface area contributed by atoms with Gasteiger partial charge in [-0.15, -0.1) is 11.3 Å². The topological polar surface area (TPSA) is 85.1 Å². The molecule has 0 unspecified atom stereocenters. The summed E-state index contributed by atoms with van der Waals surface area (Å²) in [6, 6.07) is 7.06. The van der Waals surface area contributed by atoms with Crippen LogP contribution in [0.2, 0.25) is 0 Å². The lowest BCUT2D eigenvalue weighted by Gasteiger charge is -2.05. The number of carboxylic acids is 1. The summed E-state index contributed by atoms with van der Waals surface area (Å²) in [5, 5.41) is 11.4. The summed E-state index contributed by atoms with van der Waals surface area (Å²) in [6.07, 6.45) is 3.19. The summed E-state index contributed by atoms with van der Waals surface area (Å²) in [7, 11) is 0. The van der Waals surface area contributed by atoms with Gasteiger partial charge < -0.3 is 5.11 Å². The van der Waals surface area contributed by atoms with E-state index in [1.54, 1.807) is 30.6 Å². The molecule has 0 atom stereocenters. The van der Waals surface area contributed by atoms with Crippen LogP contribution >= 0.6 is 11.3 Å². The highest BCUT2D eigenvalue weighted by Crippen LogP contribution is 2.21. The van der Waals surface area contributed by atoms with E-state index in [-0.39, 0.29) is 5.56 Å². The Bertz CT molecular complexity index is 900. The van der Waals surface area contributed by atoms with Crippen LogP contribution < -0.4 is 5.56 Å². The Kier molecular flexibility index (Phi) is 3.56. The lowest BCUT2D eigenvalue weighted by molar-refractivity contribution is 0.0694. The minimum Gasteiger partial charge on any atom is -0.477 e. The predicted molar refractivity (Wildman–Crippen MR) is 82.6 cm³/mol. The van der Waals surface area contributed by atoms with Gasteiger partial charge in [0, 0.05) is 17.8 Å². The van der Waals surface area contributed by atoms with Gasteiger partial charge in [-0.05, 0) is 30.7 Å². The number of rotatable bonds is 3.